The van der Waals surface area contributed by atoms with Gasteiger partial charge in [-0.05, 0) is 23.3 Å². The van der Waals surface area contributed by atoms with Crippen molar-refractivity contribution < 1.29 is 29.0 Å². The molecule has 0 aliphatic rings. The minimum absolute atomic E-state index is 0.415. The molecule has 1 aromatic carbocycles. The summed E-state index contributed by atoms with van der Waals surface area (Å²) in [5.41, 5.74) is 3.55. The zero-order chi connectivity index (χ0) is 21.3. The standard InChI is InChI=1S/C22H22N4O4/c1-25-14-21(11-10-19(25)12-23-27)29-15-17-6-8-18(9-7-17)16-30-22-5-3-4-20(13-24-28)26(22)2/h3-14H,15-16H2,1-2H3/p+2. The lowest BCUT2D eigenvalue weighted by Crippen LogP contribution is -2.35. The van der Waals surface area contributed by atoms with Gasteiger partial charge in [0.25, 0.3) is 0 Å². The van der Waals surface area contributed by atoms with Gasteiger partial charge in [0.05, 0.1) is 6.07 Å². The van der Waals surface area contributed by atoms with Crippen molar-refractivity contribution in [3.05, 3.63) is 83.3 Å². The topological polar surface area (TPSA) is 91.4 Å². The number of ether oxygens (including phenoxy) is 2. The molecule has 3 rings (SSSR count). The lowest BCUT2D eigenvalue weighted by atomic mass is 10.1. The molecule has 8 nitrogen and oxygen atoms in total. The molecule has 0 aliphatic carbocycles. The molecule has 0 amide bonds. The lowest BCUT2D eigenvalue weighted by molar-refractivity contribution is -0.678. The predicted octanol–water partition coefficient (Wildman–Crippen LogP) is 2.11. The molecule has 0 saturated heterocycles. The number of aromatic nitrogens is 2. The number of oxime groups is 2. The summed E-state index contributed by atoms with van der Waals surface area (Å²) < 4.78 is 15.3. The Bertz CT molecular complexity index is 1050. The smallest absolute Gasteiger partial charge is 0.368 e. The molecule has 2 N–H and O–H groups in total. The fourth-order valence-corrected chi connectivity index (χ4v) is 2.84. The molecule has 2 heterocycles. The summed E-state index contributed by atoms with van der Waals surface area (Å²) in [4.78, 5) is 0. The van der Waals surface area contributed by atoms with Crippen molar-refractivity contribution in [2.45, 2.75) is 13.2 Å². The molecule has 0 spiro atoms. The van der Waals surface area contributed by atoms with E-state index in [1.807, 2.05) is 79.5 Å². The van der Waals surface area contributed by atoms with E-state index in [1.54, 1.807) is 4.57 Å². The number of aryl methyl sites for hydroxylation is 1. The first-order valence-corrected chi connectivity index (χ1v) is 9.27. The van der Waals surface area contributed by atoms with Crippen molar-refractivity contribution in [2.75, 3.05) is 0 Å². The van der Waals surface area contributed by atoms with Gasteiger partial charge in [-0.15, -0.1) is 0 Å². The molecule has 30 heavy (non-hydrogen) atoms. The molecule has 154 valence electrons. The highest BCUT2D eigenvalue weighted by atomic mass is 16.5. The maximum Gasteiger partial charge on any atom is 0.368 e. The van der Waals surface area contributed by atoms with Gasteiger partial charge in [-0.1, -0.05) is 34.6 Å². The Balaban J connectivity index is 1.57. The summed E-state index contributed by atoms with van der Waals surface area (Å²) in [5, 5.41) is 23.5. The van der Waals surface area contributed by atoms with Crippen LogP contribution in [0.15, 0.2) is 71.1 Å². The molecule has 3 aromatic rings. The summed E-state index contributed by atoms with van der Waals surface area (Å²) >= 11 is 0. The van der Waals surface area contributed by atoms with E-state index in [1.165, 1.54) is 12.4 Å². The fraction of sp³-hybridized carbons (Fsp3) is 0.182. The minimum atomic E-state index is 0.415. The molecular formula is C22H24N4O4+2. The Morgan fingerprint density at radius 2 is 1.43 bits per heavy atom. The number of hydrogen-bond donors (Lipinski definition) is 2. The molecule has 8 heteroatoms. The molecule has 2 aromatic heterocycles. The first-order valence-electron chi connectivity index (χ1n) is 9.27. The molecule has 0 aliphatic heterocycles. The second kappa shape index (κ2) is 10.0. The first-order chi connectivity index (χ1) is 14.6. The van der Waals surface area contributed by atoms with Crippen molar-refractivity contribution in [1.82, 2.24) is 0 Å². The number of pyridine rings is 2. The number of nitrogens with zero attached hydrogens (tertiary/aromatic N) is 4. The van der Waals surface area contributed by atoms with Crippen LogP contribution in [0.3, 0.4) is 0 Å². The van der Waals surface area contributed by atoms with Crippen LogP contribution in [0.2, 0.25) is 0 Å². The van der Waals surface area contributed by atoms with Gasteiger partial charge >= 0.3 is 5.88 Å². The Morgan fingerprint density at radius 1 is 0.800 bits per heavy atom. The highest BCUT2D eigenvalue weighted by Gasteiger charge is 2.12. The van der Waals surface area contributed by atoms with Gasteiger partial charge in [-0.2, -0.15) is 9.13 Å². The summed E-state index contributed by atoms with van der Waals surface area (Å²) in [5.74, 6) is 1.39. The van der Waals surface area contributed by atoms with Crippen LogP contribution < -0.4 is 18.6 Å². The molecule has 0 fully saturated rings. The Hall–Kier alpha value is -3.94. The largest absolute Gasteiger partial charge is 0.483 e. The SMILES string of the molecule is C[n+]1cc(OCc2ccc(COc3cccc(/C=N/O)[n+]3C)cc2)ccc1/C=N\O. The monoisotopic (exact) mass is 408 g/mol. The third-order valence-electron chi connectivity index (χ3n) is 4.57. The molecule has 0 saturated carbocycles. The van der Waals surface area contributed by atoms with Gasteiger partial charge in [0.15, 0.2) is 5.75 Å². The van der Waals surface area contributed by atoms with Gasteiger partial charge in [-0.3, -0.25) is 0 Å². The first kappa shape index (κ1) is 20.8. The van der Waals surface area contributed by atoms with Gasteiger partial charge < -0.3 is 19.9 Å². The number of rotatable bonds is 8. The Morgan fingerprint density at radius 3 is 2.07 bits per heavy atom. The quantitative estimate of drug-likeness (QED) is 0.258. The summed E-state index contributed by atoms with van der Waals surface area (Å²) in [6.45, 7) is 0.852. The minimum Gasteiger partial charge on any atom is -0.483 e. The van der Waals surface area contributed by atoms with Crippen LogP contribution >= 0.6 is 0 Å². The third kappa shape index (κ3) is 5.32. The Labute approximate surface area is 174 Å². The van der Waals surface area contributed by atoms with Crippen molar-refractivity contribution in [3.63, 3.8) is 0 Å². The fourth-order valence-electron chi connectivity index (χ4n) is 2.84. The zero-order valence-electron chi connectivity index (χ0n) is 16.8. The molecular weight excluding hydrogens is 384 g/mol. The average Bonchev–Trinajstić information content (AvgIpc) is 2.75. The van der Waals surface area contributed by atoms with Crippen LogP contribution in [0.25, 0.3) is 0 Å². The van der Waals surface area contributed by atoms with Gasteiger partial charge in [-0.25, -0.2) is 0 Å². The van der Waals surface area contributed by atoms with E-state index in [0.717, 1.165) is 28.3 Å². The van der Waals surface area contributed by atoms with E-state index in [0.29, 0.717) is 19.1 Å². The van der Waals surface area contributed by atoms with Crippen LogP contribution in [-0.4, -0.2) is 22.8 Å². The number of benzene rings is 1. The van der Waals surface area contributed by atoms with Crippen molar-refractivity contribution in [2.24, 2.45) is 24.4 Å². The summed E-state index contributed by atoms with van der Waals surface area (Å²) in [6, 6.07) is 17.2. The summed E-state index contributed by atoms with van der Waals surface area (Å²) in [7, 11) is 3.70. The Kier molecular flexibility index (Phi) is 6.94. The van der Waals surface area contributed by atoms with E-state index < -0.39 is 0 Å². The van der Waals surface area contributed by atoms with Gasteiger partial charge in [0.1, 0.15) is 39.7 Å². The second-order valence-electron chi connectivity index (χ2n) is 6.63. The van der Waals surface area contributed by atoms with E-state index in [9.17, 15) is 0 Å². The maximum absolute atomic E-state index is 8.72. The molecule has 0 bridgehead atoms. The summed E-state index contributed by atoms with van der Waals surface area (Å²) in [6.07, 6.45) is 4.55. The van der Waals surface area contributed by atoms with Crippen molar-refractivity contribution in [1.29, 1.82) is 0 Å². The van der Waals surface area contributed by atoms with Crippen LogP contribution in [0.1, 0.15) is 22.5 Å². The van der Waals surface area contributed by atoms with E-state index in [4.69, 9.17) is 19.9 Å². The van der Waals surface area contributed by atoms with Crippen molar-refractivity contribution >= 4 is 12.4 Å². The second-order valence-corrected chi connectivity index (χ2v) is 6.63. The van der Waals surface area contributed by atoms with Crippen LogP contribution in [0.5, 0.6) is 11.6 Å². The van der Waals surface area contributed by atoms with Crippen LogP contribution in [0, 0.1) is 0 Å². The zero-order valence-corrected chi connectivity index (χ0v) is 16.8. The molecule has 0 unspecified atom stereocenters. The average molecular weight is 408 g/mol. The van der Waals surface area contributed by atoms with Crippen LogP contribution in [0.4, 0.5) is 0 Å². The van der Waals surface area contributed by atoms with E-state index in [-0.39, 0.29) is 0 Å². The maximum atomic E-state index is 8.72. The van der Waals surface area contributed by atoms with Gasteiger partial charge in [0, 0.05) is 12.1 Å². The third-order valence-corrected chi connectivity index (χ3v) is 4.57. The van der Waals surface area contributed by atoms with Crippen LogP contribution in [-0.2, 0) is 27.3 Å². The highest BCUT2D eigenvalue weighted by molar-refractivity contribution is 5.74. The van der Waals surface area contributed by atoms with E-state index >= 15 is 0 Å². The molecule has 0 radical (unpaired) electrons. The van der Waals surface area contributed by atoms with E-state index in [2.05, 4.69) is 10.3 Å². The lowest BCUT2D eigenvalue weighted by Gasteiger charge is -2.08. The van der Waals surface area contributed by atoms with Gasteiger partial charge in [0.2, 0.25) is 17.6 Å². The predicted molar refractivity (Wildman–Crippen MR) is 109 cm³/mol. The van der Waals surface area contributed by atoms with Crippen molar-refractivity contribution in [3.8, 4) is 11.6 Å². The number of hydrogen-bond acceptors (Lipinski definition) is 6. The molecule has 0 atom stereocenters. The normalized spacial score (nSPS) is 11.3. The highest BCUT2D eigenvalue weighted by Crippen LogP contribution is 2.13.